The lowest BCUT2D eigenvalue weighted by Gasteiger charge is -2.16. The molecule has 156 valence electrons. The molecule has 3 aromatic rings. The summed E-state index contributed by atoms with van der Waals surface area (Å²) in [7, 11) is 1.53. The molecular formula is C22H23N3O4S. The minimum Gasteiger partial charge on any atom is -0.493 e. The number of amides is 2. The average Bonchev–Trinajstić information content (AvgIpc) is 3.25. The zero-order valence-corrected chi connectivity index (χ0v) is 17.8. The second kappa shape index (κ2) is 9.89. The number of rotatable bonds is 8. The highest BCUT2D eigenvalue weighted by Gasteiger charge is 2.15. The maximum atomic E-state index is 12.7. The number of nitrogens with zero attached hydrogens (tertiary/aromatic N) is 1. The molecule has 0 fully saturated rings. The first kappa shape index (κ1) is 21.3. The van der Waals surface area contributed by atoms with Gasteiger partial charge in [-0.05, 0) is 42.8 Å². The Labute approximate surface area is 179 Å². The second-order valence-electron chi connectivity index (χ2n) is 6.64. The number of methoxy groups -OCH3 is 1. The Bertz CT molecular complexity index is 1020. The number of thiazole rings is 1. The van der Waals surface area contributed by atoms with Gasteiger partial charge in [0, 0.05) is 23.6 Å². The van der Waals surface area contributed by atoms with Gasteiger partial charge in [0.2, 0.25) is 5.91 Å². The van der Waals surface area contributed by atoms with Crippen molar-refractivity contribution >= 4 is 28.8 Å². The Balaban J connectivity index is 1.68. The lowest BCUT2D eigenvalue weighted by atomic mass is 10.1. The van der Waals surface area contributed by atoms with Crippen molar-refractivity contribution in [2.45, 2.75) is 26.5 Å². The van der Waals surface area contributed by atoms with Crippen molar-refractivity contribution in [3.8, 4) is 11.5 Å². The predicted octanol–water partition coefficient (Wildman–Crippen LogP) is 4.18. The van der Waals surface area contributed by atoms with Crippen LogP contribution in [0.15, 0.2) is 53.4 Å². The van der Waals surface area contributed by atoms with Gasteiger partial charge in [-0.1, -0.05) is 12.1 Å². The van der Waals surface area contributed by atoms with Gasteiger partial charge in [0.05, 0.1) is 24.4 Å². The minimum absolute atomic E-state index is 0.145. The van der Waals surface area contributed by atoms with Gasteiger partial charge in [0.25, 0.3) is 5.91 Å². The summed E-state index contributed by atoms with van der Waals surface area (Å²) in [4.78, 5) is 28.2. The molecule has 8 heteroatoms. The number of hydrogen-bond acceptors (Lipinski definition) is 6. The predicted molar refractivity (Wildman–Crippen MR) is 116 cm³/mol. The smallest absolute Gasteiger partial charge is 0.251 e. The number of anilines is 1. The topological polar surface area (TPSA) is 89.6 Å². The fourth-order valence-corrected chi connectivity index (χ4v) is 3.38. The summed E-state index contributed by atoms with van der Waals surface area (Å²) in [5.41, 5.74) is 4.60. The molecule has 0 aliphatic rings. The molecule has 7 nitrogen and oxygen atoms in total. The molecule has 0 saturated carbocycles. The first-order chi connectivity index (χ1) is 14.5. The number of hydrogen-bond donors (Lipinski definition) is 2. The molecule has 3 rings (SSSR count). The van der Waals surface area contributed by atoms with E-state index >= 15 is 0 Å². The highest BCUT2D eigenvalue weighted by Crippen LogP contribution is 2.29. The van der Waals surface area contributed by atoms with Crippen molar-refractivity contribution < 1.29 is 19.1 Å². The highest BCUT2D eigenvalue weighted by atomic mass is 32.1. The molecule has 1 atom stereocenters. The summed E-state index contributed by atoms with van der Waals surface area (Å²) in [5.74, 6) is 0.626. The lowest BCUT2D eigenvalue weighted by Crippen LogP contribution is -2.26. The normalized spacial score (nSPS) is 11.4. The molecule has 30 heavy (non-hydrogen) atoms. The largest absolute Gasteiger partial charge is 0.493 e. The van der Waals surface area contributed by atoms with Gasteiger partial charge in [-0.3, -0.25) is 9.59 Å². The van der Waals surface area contributed by atoms with E-state index < -0.39 is 0 Å². The highest BCUT2D eigenvalue weighted by molar-refractivity contribution is 7.07. The Morgan fingerprint density at radius 2 is 2.00 bits per heavy atom. The van der Waals surface area contributed by atoms with Gasteiger partial charge in [0.1, 0.15) is 6.61 Å². The van der Waals surface area contributed by atoms with Crippen molar-refractivity contribution in [2.24, 2.45) is 0 Å². The molecule has 1 unspecified atom stereocenters. The molecule has 0 aliphatic heterocycles. The monoisotopic (exact) mass is 425 g/mol. The molecule has 0 radical (unpaired) electrons. The first-order valence-electron chi connectivity index (χ1n) is 9.32. The number of benzene rings is 2. The summed E-state index contributed by atoms with van der Waals surface area (Å²) in [6, 6.07) is 12.2. The molecule has 0 saturated heterocycles. The lowest BCUT2D eigenvalue weighted by molar-refractivity contribution is -0.114. The van der Waals surface area contributed by atoms with Crippen LogP contribution in [0.3, 0.4) is 0 Å². The number of carbonyl (C=O) groups excluding carboxylic acids is 2. The van der Waals surface area contributed by atoms with Gasteiger partial charge in [-0.15, -0.1) is 11.3 Å². The quantitative estimate of drug-likeness (QED) is 0.565. The van der Waals surface area contributed by atoms with E-state index in [1.807, 2.05) is 30.5 Å². The Morgan fingerprint density at radius 1 is 1.17 bits per heavy atom. The van der Waals surface area contributed by atoms with E-state index in [1.54, 1.807) is 29.8 Å². The maximum absolute atomic E-state index is 12.7. The van der Waals surface area contributed by atoms with Crippen LogP contribution in [0.25, 0.3) is 0 Å². The van der Waals surface area contributed by atoms with Crippen LogP contribution in [-0.4, -0.2) is 23.9 Å². The van der Waals surface area contributed by atoms with E-state index in [-0.39, 0.29) is 17.9 Å². The molecule has 2 aromatic carbocycles. The molecular weight excluding hydrogens is 402 g/mol. The van der Waals surface area contributed by atoms with Gasteiger partial charge >= 0.3 is 0 Å². The fourth-order valence-electron chi connectivity index (χ4n) is 2.84. The summed E-state index contributed by atoms with van der Waals surface area (Å²) >= 11 is 1.50. The van der Waals surface area contributed by atoms with Gasteiger partial charge in [0.15, 0.2) is 11.5 Å². The number of nitrogens with one attached hydrogen (secondary N) is 2. The first-order valence-corrected chi connectivity index (χ1v) is 10.3. The van der Waals surface area contributed by atoms with Crippen LogP contribution in [0.4, 0.5) is 5.69 Å². The van der Waals surface area contributed by atoms with Crippen LogP contribution >= 0.6 is 11.3 Å². The molecule has 2 amide bonds. The van der Waals surface area contributed by atoms with Crippen LogP contribution in [0, 0.1) is 0 Å². The number of ether oxygens (including phenoxy) is 2. The average molecular weight is 426 g/mol. The number of aromatic nitrogens is 1. The van der Waals surface area contributed by atoms with E-state index in [9.17, 15) is 9.59 Å². The van der Waals surface area contributed by atoms with Crippen molar-refractivity contribution in [1.29, 1.82) is 0 Å². The molecule has 1 heterocycles. The Morgan fingerprint density at radius 3 is 2.70 bits per heavy atom. The zero-order chi connectivity index (χ0) is 21.5. The van der Waals surface area contributed by atoms with Gasteiger partial charge in [-0.2, -0.15) is 0 Å². The Hall–Kier alpha value is -3.39. The molecule has 0 spiro atoms. The summed E-state index contributed by atoms with van der Waals surface area (Å²) in [6.07, 6.45) is 0. The van der Waals surface area contributed by atoms with E-state index in [2.05, 4.69) is 15.6 Å². The van der Waals surface area contributed by atoms with Crippen molar-refractivity contribution in [2.75, 3.05) is 12.4 Å². The maximum Gasteiger partial charge on any atom is 0.251 e. The minimum atomic E-state index is -0.252. The van der Waals surface area contributed by atoms with Crippen LogP contribution in [0.1, 0.15) is 41.5 Å². The Kier molecular flexibility index (Phi) is 7.03. The zero-order valence-electron chi connectivity index (χ0n) is 17.0. The SMILES string of the molecule is COc1cc(C(=O)NC(C)c2cccc(NC(C)=O)c2)ccc1OCc1cscn1. The van der Waals surface area contributed by atoms with E-state index in [1.165, 1.54) is 25.4 Å². The summed E-state index contributed by atoms with van der Waals surface area (Å²) in [5, 5.41) is 7.62. The third-order valence-corrected chi connectivity index (χ3v) is 4.97. The van der Waals surface area contributed by atoms with Crippen LogP contribution in [0.5, 0.6) is 11.5 Å². The van der Waals surface area contributed by atoms with E-state index in [4.69, 9.17) is 9.47 Å². The summed E-state index contributed by atoms with van der Waals surface area (Å²) < 4.78 is 11.1. The molecule has 2 N–H and O–H groups in total. The van der Waals surface area contributed by atoms with Gasteiger partial charge < -0.3 is 20.1 Å². The van der Waals surface area contributed by atoms with Crippen LogP contribution < -0.4 is 20.1 Å². The molecule has 0 bridgehead atoms. The summed E-state index contributed by atoms with van der Waals surface area (Å²) in [6.45, 7) is 3.66. The third kappa shape index (κ3) is 5.57. The van der Waals surface area contributed by atoms with Crippen molar-refractivity contribution in [1.82, 2.24) is 10.3 Å². The van der Waals surface area contributed by atoms with Gasteiger partial charge in [-0.25, -0.2) is 4.98 Å². The van der Waals surface area contributed by atoms with Crippen LogP contribution in [-0.2, 0) is 11.4 Å². The van der Waals surface area contributed by atoms with Crippen molar-refractivity contribution in [3.63, 3.8) is 0 Å². The van der Waals surface area contributed by atoms with E-state index in [0.29, 0.717) is 29.4 Å². The standard InChI is InChI=1S/C22H23N3O4S/c1-14(16-5-4-6-18(9-16)25-15(2)26)24-22(27)17-7-8-20(21(10-17)28-3)29-11-19-12-30-13-23-19/h4-10,12-14H,11H2,1-3H3,(H,24,27)(H,25,26). The van der Waals surface area contributed by atoms with E-state index in [0.717, 1.165) is 11.3 Å². The number of carbonyl (C=O) groups is 2. The molecule has 0 aliphatic carbocycles. The molecule has 1 aromatic heterocycles. The fraction of sp³-hybridized carbons (Fsp3) is 0.227. The van der Waals surface area contributed by atoms with Crippen molar-refractivity contribution in [3.05, 3.63) is 70.2 Å². The van der Waals surface area contributed by atoms with Crippen LogP contribution in [0.2, 0.25) is 0 Å². The second-order valence-corrected chi connectivity index (χ2v) is 7.35. The third-order valence-electron chi connectivity index (χ3n) is 4.34.